The molecular weight excluding hydrogens is 973 g/mol. The molecule has 0 aromatic heterocycles. The molecule has 0 fully saturated rings. The van der Waals surface area contributed by atoms with Crippen molar-refractivity contribution in [1.82, 2.24) is 0 Å². The Bertz CT molecular complexity index is 1360. The van der Waals surface area contributed by atoms with E-state index in [4.69, 9.17) is 14.2 Å². The first-order chi connectivity index (χ1) is 39.0. The molecule has 1 atom stereocenters. The molecule has 0 radical (unpaired) electrons. The third-order valence-corrected chi connectivity index (χ3v) is 15.8. The minimum Gasteiger partial charge on any atom is -0.462 e. The molecule has 0 rings (SSSR count). The van der Waals surface area contributed by atoms with Gasteiger partial charge in [0, 0.05) is 19.3 Å². The predicted molar refractivity (Wildman–Crippen MR) is 344 cm³/mol. The van der Waals surface area contributed by atoms with Crippen LogP contribution < -0.4 is 0 Å². The minimum atomic E-state index is -0.774. The first-order valence-electron chi connectivity index (χ1n) is 35.1. The largest absolute Gasteiger partial charge is 0.462 e. The van der Waals surface area contributed by atoms with Gasteiger partial charge >= 0.3 is 17.9 Å². The SMILES string of the molecule is CCC/C=C\CCCCCCCC(=O)OCC(COC(=O)CCCCCCCCCCCCCCCC/C=C\C/C=C\C/C=C\CCCCCCC)OC(=O)CCCCCCCCCCCCCCCCCCCCCCCC. The van der Waals surface area contributed by atoms with E-state index in [1.165, 1.54) is 257 Å². The standard InChI is InChI=1S/C73H134O6/c1-4-7-10-13-16-19-22-24-26-28-30-32-34-35-36-37-38-39-40-42-43-45-47-49-51-54-57-60-63-66-72(75)78-69-70(68-77-71(74)65-62-59-56-53-21-18-15-12-9-6-3)79-73(76)67-64-61-58-55-52-50-48-46-44-41-33-31-29-27-25-23-20-17-14-11-8-5-2/h12,15,22,24,28,30,34-35,70H,4-11,13-14,16-21,23,25-27,29,31-33,36-69H2,1-3H3/b15-12-,24-22-,30-28-,35-34-. The zero-order valence-electron chi connectivity index (χ0n) is 53.2. The van der Waals surface area contributed by atoms with Crippen LogP contribution in [0.1, 0.15) is 380 Å². The highest BCUT2D eigenvalue weighted by Crippen LogP contribution is 2.18. The molecule has 0 heterocycles. The fraction of sp³-hybridized carbons (Fsp3) is 0.849. The van der Waals surface area contributed by atoms with Crippen molar-refractivity contribution in [3.05, 3.63) is 48.6 Å². The highest BCUT2D eigenvalue weighted by molar-refractivity contribution is 5.71. The van der Waals surface area contributed by atoms with Crippen molar-refractivity contribution in [3.8, 4) is 0 Å². The molecule has 0 aromatic carbocycles. The average molecular weight is 1110 g/mol. The second-order valence-corrected chi connectivity index (χ2v) is 23.8. The van der Waals surface area contributed by atoms with E-state index in [0.29, 0.717) is 19.3 Å². The summed E-state index contributed by atoms with van der Waals surface area (Å²) in [4.78, 5) is 38.3. The Morgan fingerprint density at radius 2 is 0.481 bits per heavy atom. The number of rotatable bonds is 65. The number of esters is 3. The summed E-state index contributed by atoms with van der Waals surface area (Å²) in [6.07, 6.45) is 85.8. The number of carbonyl (C=O) groups excluding carboxylic acids is 3. The van der Waals surface area contributed by atoms with Crippen LogP contribution in [-0.4, -0.2) is 37.2 Å². The molecule has 1 unspecified atom stereocenters. The summed E-state index contributed by atoms with van der Waals surface area (Å²) in [6.45, 7) is 6.62. The Balaban J connectivity index is 4.14. The molecule has 0 N–H and O–H groups in total. The summed E-state index contributed by atoms with van der Waals surface area (Å²) in [5.74, 6) is -0.859. The van der Waals surface area contributed by atoms with Crippen molar-refractivity contribution in [3.63, 3.8) is 0 Å². The lowest BCUT2D eigenvalue weighted by Gasteiger charge is -2.18. The minimum absolute atomic E-state index is 0.0716. The van der Waals surface area contributed by atoms with E-state index in [-0.39, 0.29) is 31.1 Å². The summed E-state index contributed by atoms with van der Waals surface area (Å²) in [6, 6.07) is 0. The third kappa shape index (κ3) is 66.1. The molecule has 0 aliphatic heterocycles. The third-order valence-electron chi connectivity index (χ3n) is 15.8. The van der Waals surface area contributed by atoms with Gasteiger partial charge in [-0.1, -0.05) is 333 Å². The highest BCUT2D eigenvalue weighted by atomic mass is 16.6. The molecular formula is C73H134O6. The van der Waals surface area contributed by atoms with Crippen LogP contribution in [0.2, 0.25) is 0 Å². The summed E-state index contributed by atoms with van der Waals surface area (Å²) in [5, 5.41) is 0. The maximum Gasteiger partial charge on any atom is 0.306 e. The lowest BCUT2D eigenvalue weighted by molar-refractivity contribution is -0.167. The second-order valence-electron chi connectivity index (χ2n) is 23.8. The van der Waals surface area contributed by atoms with Gasteiger partial charge < -0.3 is 14.2 Å². The predicted octanol–water partition coefficient (Wildman–Crippen LogP) is 24.1. The zero-order chi connectivity index (χ0) is 57.1. The number of allylic oxidation sites excluding steroid dienone is 8. The molecule has 0 aliphatic rings. The van der Waals surface area contributed by atoms with Gasteiger partial charge in [0.15, 0.2) is 6.10 Å². The second kappa shape index (κ2) is 67.9. The van der Waals surface area contributed by atoms with Crippen LogP contribution >= 0.6 is 0 Å². The van der Waals surface area contributed by atoms with Crippen LogP contribution in [0.25, 0.3) is 0 Å². The van der Waals surface area contributed by atoms with Crippen molar-refractivity contribution in [2.24, 2.45) is 0 Å². The Hall–Kier alpha value is -2.63. The Kier molecular flexibility index (Phi) is 65.6. The van der Waals surface area contributed by atoms with Gasteiger partial charge in [-0.2, -0.15) is 0 Å². The highest BCUT2D eigenvalue weighted by Gasteiger charge is 2.19. The number of hydrogen-bond donors (Lipinski definition) is 0. The van der Waals surface area contributed by atoms with Crippen molar-refractivity contribution in [2.45, 2.75) is 386 Å². The fourth-order valence-electron chi connectivity index (χ4n) is 10.5. The van der Waals surface area contributed by atoms with Crippen molar-refractivity contribution in [1.29, 1.82) is 0 Å². The lowest BCUT2D eigenvalue weighted by Crippen LogP contribution is -2.30. The van der Waals surface area contributed by atoms with Crippen molar-refractivity contribution < 1.29 is 28.6 Å². The maximum absolute atomic E-state index is 12.9. The van der Waals surface area contributed by atoms with E-state index >= 15 is 0 Å². The van der Waals surface area contributed by atoms with Gasteiger partial charge in [0.1, 0.15) is 13.2 Å². The maximum atomic E-state index is 12.9. The van der Waals surface area contributed by atoms with Crippen LogP contribution in [0.15, 0.2) is 48.6 Å². The molecule has 0 spiro atoms. The molecule has 0 saturated heterocycles. The van der Waals surface area contributed by atoms with Gasteiger partial charge in [0.2, 0.25) is 0 Å². The van der Waals surface area contributed by atoms with Gasteiger partial charge in [-0.25, -0.2) is 0 Å². The van der Waals surface area contributed by atoms with E-state index in [2.05, 4.69) is 69.4 Å². The Morgan fingerprint density at radius 1 is 0.253 bits per heavy atom. The first-order valence-corrected chi connectivity index (χ1v) is 35.1. The van der Waals surface area contributed by atoms with Crippen LogP contribution in [0.3, 0.4) is 0 Å². The number of carbonyl (C=O) groups is 3. The van der Waals surface area contributed by atoms with E-state index in [1.807, 2.05) is 0 Å². The van der Waals surface area contributed by atoms with Crippen LogP contribution in [0.4, 0.5) is 0 Å². The number of unbranched alkanes of at least 4 members (excludes halogenated alkanes) is 46. The summed E-state index contributed by atoms with van der Waals surface area (Å²) in [7, 11) is 0. The normalized spacial score (nSPS) is 12.3. The molecule has 0 saturated carbocycles. The van der Waals surface area contributed by atoms with Gasteiger partial charge in [-0.3, -0.25) is 14.4 Å². The first kappa shape index (κ1) is 76.4. The Morgan fingerprint density at radius 3 is 0.772 bits per heavy atom. The van der Waals surface area contributed by atoms with E-state index in [0.717, 1.165) is 83.5 Å². The average Bonchev–Trinajstić information content (AvgIpc) is 3.45. The molecule has 462 valence electrons. The van der Waals surface area contributed by atoms with Gasteiger partial charge in [-0.15, -0.1) is 0 Å². The summed E-state index contributed by atoms with van der Waals surface area (Å²) >= 11 is 0. The smallest absolute Gasteiger partial charge is 0.306 e. The number of hydrogen-bond acceptors (Lipinski definition) is 6. The molecule has 6 nitrogen and oxygen atoms in total. The molecule has 0 amide bonds. The molecule has 0 bridgehead atoms. The van der Waals surface area contributed by atoms with Crippen molar-refractivity contribution >= 4 is 17.9 Å². The molecule has 0 aromatic rings. The van der Waals surface area contributed by atoms with Crippen molar-refractivity contribution in [2.75, 3.05) is 13.2 Å². The van der Waals surface area contributed by atoms with Gasteiger partial charge in [0.25, 0.3) is 0 Å². The lowest BCUT2D eigenvalue weighted by atomic mass is 10.0. The van der Waals surface area contributed by atoms with Crippen LogP contribution in [0, 0.1) is 0 Å². The Labute approximate surface area is 492 Å². The van der Waals surface area contributed by atoms with E-state index in [1.54, 1.807) is 0 Å². The monoisotopic (exact) mass is 1110 g/mol. The fourth-order valence-corrected chi connectivity index (χ4v) is 10.5. The molecule has 6 heteroatoms. The molecule has 0 aliphatic carbocycles. The quantitative estimate of drug-likeness (QED) is 0.0261. The van der Waals surface area contributed by atoms with Gasteiger partial charge in [0.05, 0.1) is 0 Å². The summed E-state index contributed by atoms with van der Waals surface area (Å²) < 4.78 is 16.9. The van der Waals surface area contributed by atoms with Gasteiger partial charge in [-0.05, 0) is 77.0 Å². The van der Waals surface area contributed by atoms with E-state index < -0.39 is 6.10 Å². The van der Waals surface area contributed by atoms with Crippen LogP contribution in [0.5, 0.6) is 0 Å². The zero-order valence-corrected chi connectivity index (χ0v) is 53.2. The topological polar surface area (TPSA) is 78.9 Å². The number of ether oxygens (including phenoxy) is 3. The van der Waals surface area contributed by atoms with E-state index in [9.17, 15) is 14.4 Å². The molecule has 79 heavy (non-hydrogen) atoms. The summed E-state index contributed by atoms with van der Waals surface area (Å²) in [5.41, 5.74) is 0. The van der Waals surface area contributed by atoms with Crippen LogP contribution in [-0.2, 0) is 28.6 Å².